The van der Waals surface area contributed by atoms with Gasteiger partial charge in [-0.05, 0) is 23.8 Å². The molecular formula is C18H16F3NO4. The van der Waals surface area contributed by atoms with Gasteiger partial charge < -0.3 is 14.8 Å². The summed E-state index contributed by atoms with van der Waals surface area (Å²) in [4.78, 5) is 23.1. The lowest BCUT2D eigenvalue weighted by Crippen LogP contribution is -2.36. The maximum Gasteiger partial charge on any atom is 0.405 e. The average molecular weight is 367 g/mol. The van der Waals surface area contributed by atoms with Crippen LogP contribution in [0.15, 0.2) is 54.6 Å². The van der Waals surface area contributed by atoms with Crippen molar-refractivity contribution < 1.29 is 32.2 Å². The number of benzene rings is 2. The van der Waals surface area contributed by atoms with Crippen molar-refractivity contribution in [3.8, 4) is 5.75 Å². The normalized spacial score (nSPS) is 10.9. The predicted octanol–water partition coefficient (Wildman–Crippen LogP) is 3.10. The van der Waals surface area contributed by atoms with Gasteiger partial charge in [-0.1, -0.05) is 36.4 Å². The summed E-state index contributed by atoms with van der Waals surface area (Å²) in [5.74, 6) is -1.45. The van der Waals surface area contributed by atoms with Crippen molar-refractivity contribution in [3.63, 3.8) is 0 Å². The molecule has 0 aliphatic rings. The molecule has 0 saturated carbocycles. The summed E-state index contributed by atoms with van der Waals surface area (Å²) in [5.41, 5.74) is 1.07. The number of esters is 1. The van der Waals surface area contributed by atoms with Crippen LogP contribution < -0.4 is 10.1 Å². The number of carbonyl (C=O) groups is 2. The Morgan fingerprint density at radius 1 is 1.00 bits per heavy atom. The lowest BCUT2D eigenvalue weighted by atomic mass is 10.2. The van der Waals surface area contributed by atoms with Crippen LogP contribution in [0.25, 0.3) is 0 Å². The molecule has 0 atom stereocenters. The number of rotatable bonds is 7. The largest absolute Gasteiger partial charge is 0.489 e. The highest BCUT2D eigenvalue weighted by atomic mass is 19.4. The van der Waals surface area contributed by atoms with Crippen LogP contribution in [0.5, 0.6) is 5.75 Å². The summed E-state index contributed by atoms with van der Waals surface area (Å²) in [6, 6.07) is 15.5. The monoisotopic (exact) mass is 367 g/mol. The van der Waals surface area contributed by atoms with Crippen molar-refractivity contribution in [2.45, 2.75) is 12.8 Å². The molecule has 0 radical (unpaired) electrons. The molecule has 1 amide bonds. The van der Waals surface area contributed by atoms with Gasteiger partial charge in [0, 0.05) is 0 Å². The van der Waals surface area contributed by atoms with E-state index in [4.69, 9.17) is 9.47 Å². The minimum atomic E-state index is -4.52. The number of nitrogens with one attached hydrogen (secondary N) is 1. The third-order valence-electron chi connectivity index (χ3n) is 3.14. The summed E-state index contributed by atoms with van der Waals surface area (Å²) in [5, 5.41) is 1.61. The fourth-order valence-electron chi connectivity index (χ4n) is 1.92. The molecule has 5 nitrogen and oxygen atoms in total. The van der Waals surface area contributed by atoms with Crippen LogP contribution in [0, 0.1) is 0 Å². The van der Waals surface area contributed by atoms with Crippen molar-refractivity contribution in [3.05, 3.63) is 65.7 Å². The molecule has 0 aliphatic heterocycles. The van der Waals surface area contributed by atoms with E-state index in [1.807, 2.05) is 30.3 Å². The first-order valence-corrected chi connectivity index (χ1v) is 7.61. The quantitative estimate of drug-likeness (QED) is 0.764. The van der Waals surface area contributed by atoms with Gasteiger partial charge in [0.2, 0.25) is 0 Å². The molecule has 1 N–H and O–H groups in total. The molecule has 0 aliphatic carbocycles. The summed E-state index contributed by atoms with van der Waals surface area (Å²) in [7, 11) is 0. The van der Waals surface area contributed by atoms with E-state index in [1.165, 1.54) is 12.1 Å². The van der Waals surface area contributed by atoms with Gasteiger partial charge in [0.05, 0.1) is 5.56 Å². The zero-order chi connectivity index (χ0) is 19.0. The van der Waals surface area contributed by atoms with Crippen LogP contribution in [0.1, 0.15) is 15.9 Å². The molecular weight excluding hydrogens is 351 g/mol. The molecule has 138 valence electrons. The molecule has 2 aromatic carbocycles. The summed E-state index contributed by atoms with van der Waals surface area (Å²) in [6.45, 7) is -1.98. The van der Waals surface area contributed by atoms with Crippen LogP contribution in [0.3, 0.4) is 0 Å². The van der Waals surface area contributed by atoms with E-state index in [0.29, 0.717) is 12.4 Å². The van der Waals surface area contributed by atoms with E-state index in [9.17, 15) is 22.8 Å². The number of alkyl halides is 3. The van der Waals surface area contributed by atoms with Gasteiger partial charge in [0.15, 0.2) is 6.61 Å². The highest BCUT2D eigenvalue weighted by Gasteiger charge is 2.27. The Morgan fingerprint density at radius 2 is 1.73 bits per heavy atom. The summed E-state index contributed by atoms with van der Waals surface area (Å²) >= 11 is 0. The number of hydrogen-bond donors (Lipinski definition) is 1. The molecule has 0 aromatic heterocycles. The number of carbonyl (C=O) groups excluding carboxylic acids is 2. The van der Waals surface area contributed by atoms with Gasteiger partial charge in [-0.2, -0.15) is 13.2 Å². The molecule has 0 unspecified atom stereocenters. The minimum absolute atomic E-state index is 0.124. The van der Waals surface area contributed by atoms with Crippen molar-refractivity contribution in [2.75, 3.05) is 13.2 Å². The van der Waals surface area contributed by atoms with Gasteiger partial charge >= 0.3 is 12.1 Å². The molecule has 0 bridgehead atoms. The predicted molar refractivity (Wildman–Crippen MR) is 86.6 cm³/mol. The first kappa shape index (κ1) is 19.3. The molecule has 2 rings (SSSR count). The topological polar surface area (TPSA) is 64.6 Å². The zero-order valence-electron chi connectivity index (χ0n) is 13.6. The van der Waals surface area contributed by atoms with Crippen molar-refractivity contribution >= 4 is 11.9 Å². The van der Waals surface area contributed by atoms with Gasteiger partial charge in [0.25, 0.3) is 5.91 Å². The van der Waals surface area contributed by atoms with E-state index in [0.717, 1.165) is 5.56 Å². The molecule has 0 spiro atoms. The van der Waals surface area contributed by atoms with E-state index < -0.39 is 31.2 Å². The van der Waals surface area contributed by atoms with Crippen LogP contribution in [0.2, 0.25) is 0 Å². The Hall–Kier alpha value is -3.03. The second-order valence-corrected chi connectivity index (χ2v) is 5.27. The maximum atomic E-state index is 12.0. The van der Waals surface area contributed by atoms with Gasteiger partial charge in [-0.15, -0.1) is 0 Å². The highest BCUT2D eigenvalue weighted by molar-refractivity contribution is 5.91. The first-order chi connectivity index (χ1) is 12.3. The standard InChI is InChI=1S/C18H16F3NO4/c19-18(20,21)12-22-16(23)11-26-17(24)14-7-4-8-15(9-14)25-10-13-5-2-1-3-6-13/h1-9H,10-12H2,(H,22,23). The Labute approximate surface area is 147 Å². The Bertz CT molecular complexity index is 748. The third kappa shape index (κ3) is 6.84. The number of halogens is 3. The Morgan fingerprint density at radius 3 is 2.42 bits per heavy atom. The van der Waals surface area contributed by atoms with Gasteiger partial charge in [-0.25, -0.2) is 4.79 Å². The minimum Gasteiger partial charge on any atom is -0.489 e. The number of amides is 1. The number of hydrogen-bond acceptors (Lipinski definition) is 4. The third-order valence-corrected chi connectivity index (χ3v) is 3.14. The lowest BCUT2D eigenvalue weighted by molar-refractivity contribution is -0.140. The van der Waals surface area contributed by atoms with Crippen LogP contribution in [-0.2, 0) is 16.1 Å². The van der Waals surface area contributed by atoms with Crippen LogP contribution in [0.4, 0.5) is 13.2 Å². The van der Waals surface area contributed by atoms with Gasteiger partial charge in [-0.3, -0.25) is 4.79 Å². The van der Waals surface area contributed by atoms with Crippen LogP contribution in [-0.4, -0.2) is 31.2 Å². The average Bonchev–Trinajstić information content (AvgIpc) is 2.63. The Kier molecular flexibility index (Phi) is 6.60. The Balaban J connectivity index is 1.84. The highest BCUT2D eigenvalue weighted by Crippen LogP contribution is 2.16. The fourth-order valence-corrected chi connectivity index (χ4v) is 1.92. The molecule has 0 heterocycles. The molecule has 0 fully saturated rings. The van der Waals surface area contributed by atoms with E-state index >= 15 is 0 Å². The molecule has 8 heteroatoms. The second kappa shape index (κ2) is 8.89. The molecule has 2 aromatic rings. The van der Waals surface area contributed by atoms with Crippen molar-refractivity contribution in [2.24, 2.45) is 0 Å². The fraction of sp³-hybridized carbons (Fsp3) is 0.222. The van der Waals surface area contributed by atoms with E-state index in [2.05, 4.69) is 0 Å². The maximum absolute atomic E-state index is 12.0. The van der Waals surface area contributed by atoms with Crippen molar-refractivity contribution in [1.29, 1.82) is 0 Å². The molecule has 0 saturated heterocycles. The SMILES string of the molecule is O=C(COC(=O)c1cccc(OCc2ccccc2)c1)NCC(F)(F)F. The lowest BCUT2D eigenvalue weighted by Gasteiger charge is -2.10. The summed E-state index contributed by atoms with van der Waals surface area (Å²) < 4.78 is 46.2. The molecule has 26 heavy (non-hydrogen) atoms. The first-order valence-electron chi connectivity index (χ1n) is 7.61. The van der Waals surface area contributed by atoms with E-state index in [-0.39, 0.29) is 5.56 Å². The summed E-state index contributed by atoms with van der Waals surface area (Å²) in [6.07, 6.45) is -4.52. The second-order valence-electron chi connectivity index (χ2n) is 5.27. The smallest absolute Gasteiger partial charge is 0.405 e. The van der Waals surface area contributed by atoms with E-state index in [1.54, 1.807) is 17.4 Å². The number of ether oxygens (including phenoxy) is 2. The zero-order valence-corrected chi connectivity index (χ0v) is 13.6. The van der Waals surface area contributed by atoms with Crippen LogP contribution >= 0.6 is 0 Å². The van der Waals surface area contributed by atoms with Gasteiger partial charge in [0.1, 0.15) is 18.9 Å². The van der Waals surface area contributed by atoms with Crippen molar-refractivity contribution in [1.82, 2.24) is 5.32 Å².